The number of rotatable bonds is 4. The van der Waals surface area contributed by atoms with E-state index in [1.54, 1.807) is 18.3 Å². The molecule has 5 nitrogen and oxygen atoms in total. The molecule has 2 aromatic carbocycles. The van der Waals surface area contributed by atoms with E-state index in [4.69, 9.17) is 0 Å². The van der Waals surface area contributed by atoms with Crippen LogP contribution in [0.25, 0.3) is 10.9 Å². The van der Waals surface area contributed by atoms with E-state index >= 15 is 0 Å². The van der Waals surface area contributed by atoms with E-state index in [0.29, 0.717) is 0 Å². The van der Waals surface area contributed by atoms with E-state index in [9.17, 15) is 10.2 Å². The van der Waals surface area contributed by atoms with Crippen molar-refractivity contribution in [1.29, 1.82) is 0 Å². The predicted molar refractivity (Wildman–Crippen MR) is 103 cm³/mol. The van der Waals surface area contributed by atoms with Gasteiger partial charge in [0.15, 0.2) is 11.5 Å². The Bertz CT molecular complexity index is 1060. The van der Waals surface area contributed by atoms with Crippen LogP contribution in [0.15, 0.2) is 67.0 Å². The van der Waals surface area contributed by atoms with Crippen LogP contribution in [-0.4, -0.2) is 20.2 Å². The Morgan fingerprint density at radius 3 is 2.65 bits per heavy atom. The molecule has 0 fully saturated rings. The number of phenolic OH excluding ortho intramolecular Hbond substituents is 2. The summed E-state index contributed by atoms with van der Waals surface area (Å²) in [6, 6.07) is 16.5. The molecule has 0 spiro atoms. The highest BCUT2D eigenvalue weighted by molar-refractivity contribution is 5.87. The Hall–Kier alpha value is -3.47. The average Bonchev–Trinajstić information content (AvgIpc) is 3.08. The SMILES string of the molecule is Cc1cccc2c(C(Nc3ccccn3)c3ccc(O)c(O)c3)c[nH]c12. The van der Waals surface area contributed by atoms with E-state index in [1.807, 2.05) is 30.5 Å². The molecule has 2 heterocycles. The molecule has 0 radical (unpaired) electrons. The highest BCUT2D eigenvalue weighted by Gasteiger charge is 2.20. The highest BCUT2D eigenvalue weighted by atomic mass is 16.3. The quantitative estimate of drug-likeness (QED) is 0.411. The molecule has 5 heteroatoms. The monoisotopic (exact) mass is 345 g/mol. The first-order chi connectivity index (χ1) is 12.6. The molecular weight excluding hydrogens is 326 g/mol. The Morgan fingerprint density at radius 1 is 1.00 bits per heavy atom. The molecule has 0 aliphatic rings. The van der Waals surface area contributed by atoms with Crippen LogP contribution in [0.2, 0.25) is 0 Å². The average molecular weight is 345 g/mol. The Labute approximate surface area is 151 Å². The van der Waals surface area contributed by atoms with Crippen LogP contribution >= 0.6 is 0 Å². The number of para-hydroxylation sites is 1. The summed E-state index contributed by atoms with van der Waals surface area (Å²) in [5, 5.41) is 24.2. The number of benzene rings is 2. The summed E-state index contributed by atoms with van der Waals surface area (Å²) >= 11 is 0. The van der Waals surface area contributed by atoms with Crippen LogP contribution in [0.5, 0.6) is 11.5 Å². The second kappa shape index (κ2) is 6.44. The van der Waals surface area contributed by atoms with Crippen molar-refractivity contribution in [2.75, 3.05) is 5.32 Å². The highest BCUT2D eigenvalue weighted by Crippen LogP contribution is 2.35. The zero-order chi connectivity index (χ0) is 18.1. The van der Waals surface area contributed by atoms with Gasteiger partial charge in [0.1, 0.15) is 5.82 Å². The number of H-pyrrole nitrogens is 1. The lowest BCUT2D eigenvalue weighted by Gasteiger charge is -2.20. The molecule has 2 aromatic heterocycles. The number of hydrogen-bond donors (Lipinski definition) is 4. The minimum atomic E-state index is -0.244. The largest absolute Gasteiger partial charge is 0.504 e. The second-order valence-electron chi connectivity index (χ2n) is 6.28. The number of aromatic nitrogens is 2. The lowest BCUT2D eigenvalue weighted by atomic mass is 9.97. The van der Waals surface area contributed by atoms with Crippen molar-refractivity contribution in [3.05, 3.63) is 83.7 Å². The Kier molecular flexibility index (Phi) is 3.97. The van der Waals surface area contributed by atoms with Crippen molar-refractivity contribution < 1.29 is 10.2 Å². The number of anilines is 1. The standard InChI is InChI=1S/C21H19N3O2/c1-13-5-4-6-15-16(12-23-20(13)15)21(24-19-7-2-3-10-22-19)14-8-9-17(25)18(26)11-14/h2-12,21,23,25-26H,1H3,(H,22,24). The van der Waals surface area contributed by atoms with Gasteiger partial charge in [0.05, 0.1) is 6.04 Å². The summed E-state index contributed by atoms with van der Waals surface area (Å²) in [6.45, 7) is 2.07. The summed E-state index contributed by atoms with van der Waals surface area (Å²) in [7, 11) is 0. The normalized spacial score (nSPS) is 12.2. The van der Waals surface area contributed by atoms with Gasteiger partial charge in [-0.3, -0.25) is 0 Å². The topological polar surface area (TPSA) is 81.2 Å². The van der Waals surface area contributed by atoms with Gasteiger partial charge in [-0.05, 0) is 42.3 Å². The van der Waals surface area contributed by atoms with Crippen molar-refractivity contribution in [1.82, 2.24) is 9.97 Å². The summed E-state index contributed by atoms with van der Waals surface area (Å²) in [4.78, 5) is 7.70. The lowest BCUT2D eigenvalue weighted by molar-refractivity contribution is 0.403. The number of aryl methyl sites for hydroxylation is 1. The molecule has 0 amide bonds. The summed E-state index contributed by atoms with van der Waals surface area (Å²) in [5.41, 5.74) is 4.12. The first-order valence-electron chi connectivity index (χ1n) is 8.39. The third-order valence-electron chi connectivity index (χ3n) is 4.56. The maximum atomic E-state index is 9.97. The van der Waals surface area contributed by atoms with Crippen LogP contribution in [0.3, 0.4) is 0 Å². The van der Waals surface area contributed by atoms with Gasteiger partial charge in [0, 0.05) is 28.9 Å². The van der Waals surface area contributed by atoms with Crippen LogP contribution < -0.4 is 5.32 Å². The Balaban J connectivity index is 1.86. The van der Waals surface area contributed by atoms with E-state index in [-0.39, 0.29) is 17.5 Å². The number of hydrogen-bond acceptors (Lipinski definition) is 4. The van der Waals surface area contributed by atoms with Crippen LogP contribution in [0.4, 0.5) is 5.82 Å². The third kappa shape index (κ3) is 2.84. The van der Waals surface area contributed by atoms with Gasteiger partial charge >= 0.3 is 0 Å². The molecular formula is C21H19N3O2. The maximum absolute atomic E-state index is 9.97. The molecule has 0 saturated heterocycles. The molecule has 4 N–H and O–H groups in total. The van der Waals surface area contributed by atoms with Gasteiger partial charge in [-0.1, -0.05) is 30.3 Å². The van der Waals surface area contributed by atoms with Crippen LogP contribution in [0.1, 0.15) is 22.7 Å². The number of phenols is 2. The van der Waals surface area contributed by atoms with E-state index in [2.05, 4.69) is 34.3 Å². The number of nitrogens with zero attached hydrogens (tertiary/aromatic N) is 1. The second-order valence-corrected chi connectivity index (χ2v) is 6.28. The number of nitrogens with one attached hydrogen (secondary N) is 2. The minimum Gasteiger partial charge on any atom is -0.504 e. The fourth-order valence-electron chi connectivity index (χ4n) is 3.22. The van der Waals surface area contributed by atoms with Gasteiger partial charge in [0.25, 0.3) is 0 Å². The van der Waals surface area contributed by atoms with E-state index in [1.165, 1.54) is 11.6 Å². The van der Waals surface area contributed by atoms with Crippen molar-refractivity contribution >= 4 is 16.7 Å². The first kappa shape index (κ1) is 16.0. The fourth-order valence-corrected chi connectivity index (χ4v) is 3.22. The molecule has 4 aromatic rings. The van der Waals surface area contributed by atoms with Gasteiger partial charge in [-0.15, -0.1) is 0 Å². The number of fused-ring (bicyclic) bond motifs is 1. The lowest BCUT2D eigenvalue weighted by Crippen LogP contribution is -2.13. The molecule has 26 heavy (non-hydrogen) atoms. The van der Waals surface area contributed by atoms with Gasteiger partial charge < -0.3 is 20.5 Å². The zero-order valence-electron chi connectivity index (χ0n) is 14.3. The maximum Gasteiger partial charge on any atom is 0.157 e. The minimum absolute atomic E-state index is 0.139. The number of aromatic hydroxyl groups is 2. The van der Waals surface area contributed by atoms with Crippen molar-refractivity contribution in [2.24, 2.45) is 0 Å². The Morgan fingerprint density at radius 2 is 1.88 bits per heavy atom. The van der Waals surface area contributed by atoms with Crippen molar-refractivity contribution in [2.45, 2.75) is 13.0 Å². The molecule has 1 atom stereocenters. The molecule has 0 aliphatic carbocycles. The van der Waals surface area contributed by atoms with Crippen molar-refractivity contribution in [3.8, 4) is 11.5 Å². The molecule has 0 bridgehead atoms. The smallest absolute Gasteiger partial charge is 0.157 e. The fraction of sp³-hybridized carbons (Fsp3) is 0.0952. The summed E-state index contributed by atoms with van der Waals surface area (Å²) < 4.78 is 0. The number of pyridine rings is 1. The van der Waals surface area contributed by atoms with E-state index in [0.717, 1.165) is 27.8 Å². The summed E-state index contributed by atoms with van der Waals surface area (Å²) in [6.07, 6.45) is 3.70. The molecule has 1 unspecified atom stereocenters. The number of aromatic amines is 1. The predicted octanol–water partition coefficient (Wildman–Crippen LogP) is 4.48. The van der Waals surface area contributed by atoms with Gasteiger partial charge in [0.2, 0.25) is 0 Å². The third-order valence-corrected chi connectivity index (χ3v) is 4.56. The van der Waals surface area contributed by atoms with Gasteiger partial charge in [-0.2, -0.15) is 0 Å². The zero-order valence-corrected chi connectivity index (χ0v) is 14.3. The van der Waals surface area contributed by atoms with Gasteiger partial charge in [-0.25, -0.2) is 4.98 Å². The molecule has 0 aliphatic heterocycles. The van der Waals surface area contributed by atoms with Crippen LogP contribution in [-0.2, 0) is 0 Å². The summed E-state index contributed by atoms with van der Waals surface area (Å²) in [5.74, 6) is 0.443. The van der Waals surface area contributed by atoms with E-state index < -0.39 is 0 Å². The first-order valence-corrected chi connectivity index (χ1v) is 8.39. The van der Waals surface area contributed by atoms with Crippen LogP contribution in [0, 0.1) is 6.92 Å². The molecule has 4 rings (SSSR count). The molecule has 0 saturated carbocycles. The molecule has 130 valence electrons. The van der Waals surface area contributed by atoms with Crippen molar-refractivity contribution in [3.63, 3.8) is 0 Å².